The minimum absolute atomic E-state index is 0.893. The van der Waals surface area contributed by atoms with Crippen molar-refractivity contribution in [3.63, 3.8) is 0 Å². The molecule has 248 valence electrons. The summed E-state index contributed by atoms with van der Waals surface area (Å²) in [4.78, 5) is 4.98. The van der Waals surface area contributed by atoms with Crippen LogP contribution in [-0.4, -0.2) is 9.13 Å². The molecule has 4 heterocycles. The molecule has 0 aliphatic carbocycles. The van der Waals surface area contributed by atoms with Gasteiger partial charge in [-0.2, -0.15) is 0 Å². The SMILES string of the molecule is c1ccc(N2c3ccccc3Sc3c2c2c(c4ccccc4n2-c2ccccc2)c2c3c3ccccc3n2-c2ccc3oc4ccccc4c3c2)cc1. The summed E-state index contributed by atoms with van der Waals surface area (Å²) < 4.78 is 11.3. The van der Waals surface area contributed by atoms with Crippen LogP contribution in [0.15, 0.2) is 190 Å². The van der Waals surface area contributed by atoms with Gasteiger partial charge in [-0.25, -0.2) is 0 Å². The maximum Gasteiger partial charge on any atom is 0.135 e. The molecule has 12 rings (SSSR count). The van der Waals surface area contributed by atoms with Crippen LogP contribution in [0, 0.1) is 0 Å². The fraction of sp³-hybridized carbons (Fsp3) is 0. The lowest BCUT2D eigenvalue weighted by atomic mass is 10.0. The summed E-state index contributed by atoms with van der Waals surface area (Å²) in [6.07, 6.45) is 0. The van der Waals surface area contributed by atoms with E-state index in [0.29, 0.717) is 0 Å². The summed E-state index contributed by atoms with van der Waals surface area (Å²) in [5.41, 5.74) is 12.3. The lowest BCUT2D eigenvalue weighted by Crippen LogP contribution is -2.16. The molecule has 0 fully saturated rings. The molecule has 0 N–H and O–H groups in total. The lowest BCUT2D eigenvalue weighted by Gasteiger charge is -2.34. The molecule has 4 nitrogen and oxygen atoms in total. The van der Waals surface area contributed by atoms with Gasteiger partial charge in [-0.05, 0) is 72.8 Å². The Kier molecular flexibility index (Phi) is 5.96. The third kappa shape index (κ3) is 3.97. The van der Waals surface area contributed by atoms with E-state index in [1.807, 2.05) is 17.8 Å². The van der Waals surface area contributed by atoms with E-state index in [-0.39, 0.29) is 0 Å². The number of hydrogen-bond acceptors (Lipinski definition) is 3. The number of anilines is 3. The predicted octanol–water partition coefficient (Wildman–Crippen LogP) is 13.7. The molecule has 1 aliphatic heterocycles. The van der Waals surface area contributed by atoms with Crippen LogP contribution in [0.2, 0.25) is 0 Å². The number of furan rings is 1. The van der Waals surface area contributed by atoms with Gasteiger partial charge in [-0.15, -0.1) is 0 Å². The fourth-order valence-electron chi connectivity index (χ4n) is 8.71. The molecule has 0 saturated heterocycles. The topological polar surface area (TPSA) is 26.2 Å². The number of rotatable bonds is 3. The van der Waals surface area contributed by atoms with Crippen molar-refractivity contribution in [2.75, 3.05) is 4.90 Å². The third-order valence-corrected chi connectivity index (χ3v) is 12.0. The summed E-state index contributed by atoms with van der Waals surface area (Å²) in [5, 5.41) is 7.18. The Hall–Kier alpha value is -6.69. The van der Waals surface area contributed by atoms with Crippen molar-refractivity contribution in [2.45, 2.75) is 9.79 Å². The molecule has 0 saturated carbocycles. The summed E-state index contributed by atoms with van der Waals surface area (Å²) >= 11 is 1.88. The molecule has 3 aromatic heterocycles. The molecular weight excluding hydrogens is 667 g/mol. The van der Waals surface area contributed by atoms with E-state index in [9.17, 15) is 0 Å². The molecule has 0 spiro atoms. The Morgan fingerprint density at radius 1 is 0.415 bits per heavy atom. The normalized spacial score (nSPS) is 12.8. The van der Waals surface area contributed by atoms with Gasteiger partial charge in [0.25, 0.3) is 0 Å². The van der Waals surface area contributed by atoms with Gasteiger partial charge in [0, 0.05) is 59.2 Å². The van der Waals surface area contributed by atoms with Crippen LogP contribution >= 0.6 is 11.8 Å². The molecule has 1 aliphatic rings. The zero-order valence-electron chi connectivity index (χ0n) is 28.4. The summed E-state index contributed by atoms with van der Waals surface area (Å²) in [6.45, 7) is 0. The molecule has 5 heteroatoms. The molecule has 0 unspecified atom stereocenters. The van der Waals surface area contributed by atoms with Gasteiger partial charge in [0.05, 0.1) is 33.4 Å². The highest BCUT2D eigenvalue weighted by Crippen LogP contribution is 2.59. The van der Waals surface area contributed by atoms with E-state index >= 15 is 0 Å². The lowest BCUT2D eigenvalue weighted by molar-refractivity contribution is 0.669. The van der Waals surface area contributed by atoms with Crippen LogP contribution in [-0.2, 0) is 0 Å². The van der Waals surface area contributed by atoms with E-state index < -0.39 is 0 Å². The molecule has 0 bridgehead atoms. The van der Waals surface area contributed by atoms with E-state index in [0.717, 1.165) is 39.0 Å². The Balaban J connectivity index is 1.35. The second-order valence-electron chi connectivity index (χ2n) is 13.7. The number of fused-ring (bicyclic) bond motifs is 14. The predicted molar refractivity (Wildman–Crippen MR) is 221 cm³/mol. The van der Waals surface area contributed by atoms with Gasteiger partial charge in [0.2, 0.25) is 0 Å². The average molecular weight is 696 g/mol. The molecule has 0 amide bonds. The second-order valence-corrected chi connectivity index (χ2v) is 14.7. The van der Waals surface area contributed by atoms with Crippen molar-refractivity contribution in [3.05, 3.63) is 176 Å². The van der Waals surface area contributed by atoms with Gasteiger partial charge in [0.1, 0.15) is 11.2 Å². The Bertz CT molecular complexity index is 3260. The monoisotopic (exact) mass is 695 g/mol. The number of benzene rings is 8. The highest BCUT2D eigenvalue weighted by Gasteiger charge is 2.34. The number of para-hydroxylation sites is 6. The number of nitrogens with zero attached hydrogens (tertiary/aromatic N) is 3. The zero-order valence-corrected chi connectivity index (χ0v) is 29.2. The van der Waals surface area contributed by atoms with Crippen LogP contribution in [0.3, 0.4) is 0 Å². The fourth-order valence-corrected chi connectivity index (χ4v) is 9.94. The van der Waals surface area contributed by atoms with E-state index in [2.05, 4.69) is 184 Å². The first-order valence-corrected chi connectivity index (χ1v) is 18.8. The minimum atomic E-state index is 0.893. The van der Waals surface area contributed by atoms with Crippen molar-refractivity contribution in [1.82, 2.24) is 9.13 Å². The van der Waals surface area contributed by atoms with Crippen molar-refractivity contribution in [1.29, 1.82) is 0 Å². The number of hydrogen-bond donors (Lipinski definition) is 0. The van der Waals surface area contributed by atoms with Crippen molar-refractivity contribution >= 4 is 94.4 Å². The van der Waals surface area contributed by atoms with E-state index in [1.165, 1.54) is 64.8 Å². The van der Waals surface area contributed by atoms with E-state index in [1.54, 1.807) is 0 Å². The molecule has 11 aromatic rings. The van der Waals surface area contributed by atoms with Gasteiger partial charge < -0.3 is 18.5 Å². The smallest absolute Gasteiger partial charge is 0.135 e. The maximum atomic E-state index is 6.32. The minimum Gasteiger partial charge on any atom is -0.456 e. The highest BCUT2D eigenvalue weighted by molar-refractivity contribution is 8.00. The molecule has 53 heavy (non-hydrogen) atoms. The van der Waals surface area contributed by atoms with Crippen LogP contribution in [0.5, 0.6) is 0 Å². The second kappa shape index (κ2) is 10.9. The first kappa shape index (κ1) is 28.9. The van der Waals surface area contributed by atoms with Crippen LogP contribution in [0.1, 0.15) is 0 Å². The van der Waals surface area contributed by atoms with Crippen molar-refractivity contribution in [3.8, 4) is 11.4 Å². The zero-order chi connectivity index (χ0) is 34.6. The van der Waals surface area contributed by atoms with E-state index in [4.69, 9.17) is 4.42 Å². The summed E-state index contributed by atoms with van der Waals surface area (Å²) in [6, 6.07) is 63.4. The van der Waals surface area contributed by atoms with Crippen molar-refractivity contribution in [2.24, 2.45) is 0 Å². The van der Waals surface area contributed by atoms with Crippen molar-refractivity contribution < 1.29 is 4.42 Å². The van der Waals surface area contributed by atoms with Crippen LogP contribution in [0.25, 0.3) is 76.9 Å². The van der Waals surface area contributed by atoms with Gasteiger partial charge in [-0.3, -0.25) is 0 Å². The summed E-state index contributed by atoms with van der Waals surface area (Å²) in [7, 11) is 0. The van der Waals surface area contributed by atoms with Gasteiger partial charge in [-0.1, -0.05) is 115 Å². The van der Waals surface area contributed by atoms with Gasteiger partial charge in [0.15, 0.2) is 0 Å². The standard InChI is InChI=1S/C48H29N3OS/c1-3-15-30(16-4-1)49-37-22-10-7-20-34(37)43-45-44(48-47(46(43)49)50(31-17-5-2-6-18-31)39-24-12-14-26-42(39)53-48)35-21-8-11-23-38(35)51(45)32-27-28-41-36(29-32)33-19-9-13-25-40(33)52-41/h1-29H. The molecular formula is C48H29N3OS. The van der Waals surface area contributed by atoms with Crippen LogP contribution in [0.4, 0.5) is 17.1 Å². The summed E-state index contributed by atoms with van der Waals surface area (Å²) in [5.74, 6) is 0. The first-order chi connectivity index (χ1) is 26.3. The first-order valence-electron chi connectivity index (χ1n) is 17.9. The van der Waals surface area contributed by atoms with Gasteiger partial charge >= 0.3 is 0 Å². The Morgan fingerprint density at radius 2 is 1.00 bits per heavy atom. The van der Waals surface area contributed by atoms with Crippen LogP contribution < -0.4 is 4.90 Å². The Labute approximate surface area is 308 Å². The molecule has 8 aromatic carbocycles. The molecule has 0 radical (unpaired) electrons. The maximum absolute atomic E-state index is 6.32. The molecule has 0 atom stereocenters. The average Bonchev–Trinajstić information content (AvgIpc) is 3.88. The highest BCUT2D eigenvalue weighted by atomic mass is 32.2. The third-order valence-electron chi connectivity index (χ3n) is 10.8. The quantitative estimate of drug-likeness (QED) is 0.184. The Morgan fingerprint density at radius 3 is 1.77 bits per heavy atom. The number of aromatic nitrogens is 2. The largest absolute Gasteiger partial charge is 0.456 e.